The zero-order valence-corrected chi connectivity index (χ0v) is 20.0. The van der Waals surface area contributed by atoms with Crippen LogP contribution in [0, 0.1) is 0 Å². The average Bonchev–Trinajstić information content (AvgIpc) is 3.57. The number of allylic oxidation sites excluding steroid dienone is 1. The molecule has 0 radical (unpaired) electrons. The van der Waals surface area contributed by atoms with Crippen molar-refractivity contribution in [3.63, 3.8) is 0 Å². The number of nitrogens with zero attached hydrogens (tertiary/aromatic N) is 6. The molecule has 35 heavy (non-hydrogen) atoms. The summed E-state index contributed by atoms with van der Waals surface area (Å²) in [6, 6.07) is 13.1. The molecule has 0 bridgehead atoms. The lowest BCUT2D eigenvalue weighted by Gasteiger charge is -2.27. The highest BCUT2D eigenvalue weighted by atomic mass is 16.2. The quantitative estimate of drug-likeness (QED) is 0.572. The molecular weight excluding hydrogens is 438 g/mol. The first-order valence-electron chi connectivity index (χ1n) is 11.8. The van der Waals surface area contributed by atoms with E-state index in [0.29, 0.717) is 29.8 Å². The topological polar surface area (TPSA) is 88.3 Å². The van der Waals surface area contributed by atoms with Crippen molar-refractivity contribution in [1.29, 1.82) is 0 Å². The van der Waals surface area contributed by atoms with E-state index in [-0.39, 0.29) is 13.3 Å². The van der Waals surface area contributed by atoms with Crippen LogP contribution < -0.4 is 5.32 Å². The fourth-order valence-corrected chi connectivity index (χ4v) is 4.08. The number of amides is 1. The fraction of sp³-hybridized carbons (Fsp3) is 0.370. The molecule has 1 amide bonds. The first-order chi connectivity index (χ1) is 16.7. The highest BCUT2D eigenvalue weighted by Crippen LogP contribution is 2.29. The van der Waals surface area contributed by atoms with Crippen LogP contribution in [0.15, 0.2) is 59.7 Å². The van der Waals surface area contributed by atoms with Gasteiger partial charge in [0.1, 0.15) is 11.5 Å². The molecule has 8 nitrogen and oxygen atoms in total. The summed E-state index contributed by atoms with van der Waals surface area (Å²) in [4.78, 5) is 28.6. The highest BCUT2D eigenvalue weighted by molar-refractivity contribution is 6.03. The van der Waals surface area contributed by atoms with Crippen LogP contribution in [0.5, 0.6) is 0 Å². The van der Waals surface area contributed by atoms with Crippen molar-refractivity contribution in [2.24, 2.45) is 4.99 Å². The summed E-state index contributed by atoms with van der Waals surface area (Å²) in [5.74, 6) is 1.34. The summed E-state index contributed by atoms with van der Waals surface area (Å²) in [5.41, 5.74) is 3.10. The first kappa shape index (κ1) is 26.0. The van der Waals surface area contributed by atoms with E-state index in [1.165, 1.54) is 0 Å². The number of nitrogens with one attached hydrogen (secondary N) is 1. The summed E-state index contributed by atoms with van der Waals surface area (Å²) < 4.78 is 1.71. The molecule has 0 aliphatic carbocycles. The zero-order chi connectivity index (χ0) is 23.9. The Kier molecular flexibility index (Phi) is 9.03. The molecule has 3 aromatic rings. The number of aliphatic imine (C=N–C) groups is 1. The Morgan fingerprint density at radius 1 is 1.09 bits per heavy atom. The van der Waals surface area contributed by atoms with E-state index in [1.807, 2.05) is 56.3 Å². The smallest absolute Gasteiger partial charge is 0.275 e. The van der Waals surface area contributed by atoms with E-state index >= 15 is 0 Å². The van der Waals surface area contributed by atoms with Gasteiger partial charge in [0.25, 0.3) is 5.91 Å². The number of hydrogen-bond donors (Lipinski definition) is 1. The summed E-state index contributed by atoms with van der Waals surface area (Å²) in [6.07, 6.45) is 7.50. The van der Waals surface area contributed by atoms with Gasteiger partial charge in [-0.25, -0.2) is 9.97 Å². The predicted molar refractivity (Wildman–Crippen MR) is 142 cm³/mol. The van der Waals surface area contributed by atoms with Gasteiger partial charge in [0, 0.05) is 30.0 Å². The molecule has 0 atom stereocenters. The van der Waals surface area contributed by atoms with Gasteiger partial charge in [-0.3, -0.25) is 9.79 Å². The third kappa shape index (κ3) is 6.08. The number of aromatic nitrogens is 4. The van der Waals surface area contributed by atoms with E-state index in [2.05, 4.69) is 32.2 Å². The molecule has 5 heterocycles. The van der Waals surface area contributed by atoms with Crippen molar-refractivity contribution in [3.8, 4) is 5.82 Å². The van der Waals surface area contributed by atoms with Gasteiger partial charge in [0.15, 0.2) is 5.82 Å². The molecule has 1 saturated heterocycles. The van der Waals surface area contributed by atoms with Gasteiger partial charge in [0.2, 0.25) is 0 Å². The van der Waals surface area contributed by atoms with Crippen molar-refractivity contribution in [3.05, 3.63) is 71.8 Å². The normalized spacial score (nSPS) is 15.6. The molecule has 0 unspecified atom stereocenters. The number of piperidine rings is 1. The largest absolute Gasteiger partial charge is 0.306 e. The maximum absolute atomic E-state index is 13.1. The monoisotopic (exact) mass is 473 g/mol. The van der Waals surface area contributed by atoms with Crippen LogP contribution in [-0.2, 0) is 0 Å². The van der Waals surface area contributed by atoms with Gasteiger partial charge in [-0.05, 0) is 63.3 Å². The predicted octanol–water partition coefficient (Wildman–Crippen LogP) is 4.85. The van der Waals surface area contributed by atoms with E-state index < -0.39 is 0 Å². The second-order valence-corrected chi connectivity index (χ2v) is 8.18. The minimum Gasteiger partial charge on any atom is -0.306 e. The summed E-state index contributed by atoms with van der Waals surface area (Å²) >= 11 is 0. The third-order valence-corrected chi connectivity index (χ3v) is 5.93. The Bertz CT molecular complexity index is 1180. The molecule has 1 N–H and O–H groups in total. The molecule has 8 heteroatoms. The number of hydrogen-bond acceptors (Lipinski definition) is 6. The van der Waals surface area contributed by atoms with Crippen LogP contribution in [0.2, 0.25) is 0 Å². The van der Waals surface area contributed by atoms with Gasteiger partial charge >= 0.3 is 0 Å². The molecule has 1 fully saturated rings. The minimum absolute atomic E-state index is 0. The summed E-state index contributed by atoms with van der Waals surface area (Å²) in [7, 11) is 2.14. The third-order valence-electron chi connectivity index (χ3n) is 5.93. The Morgan fingerprint density at radius 3 is 2.57 bits per heavy atom. The van der Waals surface area contributed by atoms with Gasteiger partial charge < -0.3 is 10.2 Å². The van der Waals surface area contributed by atoms with E-state index in [4.69, 9.17) is 5.10 Å². The Balaban J connectivity index is 0.00000111. The lowest BCUT2D eigenvalue weighted by molar-refractivity contribution is 0.102. The fourth-order valence-electron chi connectivity index (χ4n) is 4.08. The van der Waals surface area contributed by atoms with Gasteiger partial charge in [0.05, 0.1) is 17.9 Å². The molecule has 2 aliphatic rings. The van der Waals surface area contributed by atoms with Crippen molar-refractivity contribution in [2.75, 3.05) is 32.0 Å². The Labute approximate surface area is 207 Å². The molecule has 0 spiro atoms. The molecule has 5 rings (SSSR count). The van der Waals surface area contributed by atoms with Crippen LogP contribution in [-0.4, -0.2) is 63.5 Å². The summed E-state index contributed by atoms with van der Waals surface area (Å²) in [5, 5.41) is 7.84. The number of rotatable bonds is 5. The molecule has 3 aromatic heterocycles. The maximum atomic E-state index is 13.1. The van der Waals surface area contributed by atoms with Gasteiger partial charge in [-0.1, -0.05) is 33.4 Å². The number of carbonyl (C=O) groups excluding carboxylic acids is 1. The maximum Gasteiger partial charge on any atom is 0.275 e. The van der Waals surface area contributed by atoms with E-state index in [9.17, 15) is 4.79 Å². The first-order valence-corrected chi connectivity index (χ1v) is 11.8. The van der Waals surface area contributed by atoms with Crippen LogP contribution >= 0.6 is 0 Å². The van der Waals surface area contributed by atoms with Gasteiger partial charge in [-0.2, -0.15) is 9.78 Å². The number of pyridine rings is 2. The van der Waals surface area contributed by atoms with Crippen LogP contribution in [0.4, 0.5) is 5.82 Å². The second kappa shape index (κ2) is 12.2. The van der Waals surface area contributed by atoms with Gasteiger partial charge in [-0.15, -0.1) is 0 Å². The molecule has 0 aromatic carbocycles. The SMILES string of the molecule is C.CC.CN1CCC(c2cc(NC(=O)c3cccc(C4=CC=NC4)n3)n(-c3ccccn3)n2)CC1. The molecule has 0 saturated carbocycles. The number of anilines is 1. The highest BCUT2D eigenvalue weighted by Gasteiger charge is 2.24. The average molecular weight is 474 g/mol. The Morgan fingerprint density at radius 2 is 1.89 bits per heavy atom. The number of likely N-dealkylation sites (tertiary alicyclic amines) is 1. The van der Waals surface area contributed by atoms with Crippen LogP contribution in [0.25, 0.3) is 11.4 Å². The van der Waals surface area contributed by atoms with Crippen molar-refractivity contribution < 1.29 is 4.79 Å². The van der Waals surface area contributed by atoms with E-state index in [0.717, 1.165) is 42.9 Å². The Hall–Kier alpha value is -3.65. The second-order valence-electron chi connectivity index (χ2n) is 8.18. The molecule has 184 valence electrons. The van der Waals surface area contributed by atoms with E-state index in [1.54, 1.807) is 23.2 Å². The molecular formula is C27H35N7O. The summed E-state index contributed by atoms with van der Waals surface area (Å²) in [6.45, 7) is 6.67. The van der Waals surface area contributed by atoms with Crippen molar-refractivity contribution in [2.45, 2.75) is 40.0 Å². The number of carbonyl (C=O) groups is 1. The lowest BCUT2D eigenvalue weighted by Crippen LogP contribution is -2.29. The lowest BCUT2D eigenvalue weighted by atomic mass is 9.94. The standard InChI is InChI=1S/C24H25N7O.C2H6.CH4/c1-30-13-9-17(10-14-30)21-15-23(31(29-21)22-7-2-3-11-26-22)28-24(32)20-6-4-5-19(27-20)18-8-12-25-16-18;1-2;/h2-8,11-12,15,17H,9-10,13-14,16H2,1H3,(H,28,32);1-2H3;1H4. The van der Waals surface area contributed by atoms with Crippen molar-refractivity contribution in [1.82, 2.24) is 24.6 Å². The van der Waals surface area contributed by atoms with Crippen LogP contribution in [0.3, 0.4) is 0 Å². The minimum atomic E-state index is -0.279. The zero-order valence-electron chi connectivity index (χ0n) is 20.0. The molecule has 2 aliphatic heterocycles. The van der Waals surface area contributed by atoms with Crippen LogP contribution in [0.1, 0.15) is 61.9 Å². The van der Waals surface area contributed by atoms with Crippen molar-refractivity contribution >= 4 is 23.5 Å².